The number of amides is 2. The van der Waals surface area contributed by atoms with Crippen LogP contribution in [-0.2, 0) is 4.79 Å². The van der Waals surface area contributed by atoms with Gasteiger partial charge in [-0.25, -0.2) is 0 Å². The molecule has 0 aliphatic rings. The van der Waals surface area contributed by atoms with Crippen LogP contribution in [0.4, 0.5) is 8.78 Å². The highest BCUT2D eigenvalue weighted by Gasteiger charge is 2.14. The normalized spacial score (nSPS) is 10.6. The Balaban J connectivity index is 2.64. The molecule has 1 aromatic carbocycles. The summed E-state index contributed by atoms with van der Waals surface area (Å²) in [4.78, 5) is 23.5. The Morgan fingerprint density at radius 2 is 1.87 bits per heavy atom. The Hall–Kier alpha value is -2.38. The first kappa shape index (κ1) is 18.7. The quantitative estimate of drug-likeness (QED) is 0.762. The number of carbonyl (C=O) groups excluding carboxylic acids is 2. The number of alkyl halides is 2. The van der Waals surface area contributed by atoms with Crippen molar-refractivity contribution in [1.82, 2.24) is 10.6 Å². The van der Waals surface area contributed by atoms with Crippen LogP contribution in [0, 0.1) is 5.92 Å². The van der Waals surface area contributed by atoms with E-state index in [1.54, 1.807) is 0 Å². The molecule has 0 spiro atoms. The first-order valence-corrected chi connectivity index (χ1v) is 7.01. The average Bonchev–Trinajstić information content (AvgIpc) is 2.50. The van der Waals surface area contributed by atoms with Crippen molar-refractivity contribution in [2.45, 2.75) is 20.5 Å². The third-order valence-corrected chi connectivity index (χ3v) is 2.76. The number of ether oxygens (including phenoxy) is 2. The molecule has 0 bridgehead atoms. The van der Waals surface area contributed by atoms with E-state index in [0.29, 0.717) is 12.5 Å². The third-order valence-electron chi connectivity index (χ3n) is 2.76. The molecule has 1 rings (SSSR count). The summed E-state index contributed by atoms with van der Waals surface area (Å²) < 4.78 is 33.6. The maximum Gasteiger partial charge on any atom is 0.387 e. The lowest BCUT2D eigenvalue weighted by molar-refractivity contribution is -0.120. The molecule has 0 atom stereocenters. The van der Waals surface area contributed by atoms with Crippen molar-refractivity contribution in [2.75, 3.05) is 20.2 Å². The second kappa shape index (κ2) is 8.92. The summed E-state index contributed by atoms with van der Waals surface area (Å²) in [5, 5.41) is 5.10. The molecule has 2 N–H and O–H groups in total. The summed E-state index contributed by atoms with van der Waals surface area (Å²) in [6, 6.07) is 3.78. The van der Waals surface area contributed by atoms with Crippen molar-refractivity contribution in [3.8, 4) is 11.5 Å². The van der Waals surface area contributed by atoms with Gasteiger partial charge in [-0.1, -0.05) is 13.8 Å². The minimum Gasteiger partial charge on any atom is -0.493 e. The molecule has 0 aliphatic carbocycles. The minimum absolute atomic E-state index is 0.00205. The van der Waals surface area contributed by atoms with Crippen LogP contribution in [0.2, 0.25) is 0 Å². The molecule has 0 aromatic heterocycles. The van der Waals surface area contributed by atoms with Gasteiger partial charge in [0.05, 0.1) is 13.7 Å². The van der Waals surface area contributed by atoms with Gasteiger partial charge in [0.25, 0.3) is 5.91 Å². The van der Waals surface area contributed by atoms with Crippen LogP contribution < -0.4 is 20.1 Å². The molecule has 0 unspecified atom stereocenters. The molecule has 23 heavy (non-hydrogen) atoms. The fraction of sp³-hybridized carbons (Fsp3) is 0.467. The predicted molar refractivity (Wildman–Crippen MR) is 79.8 cm³/mol. The lowest BCUT2D eigenvalue weighted by Crippen LogP contribution is -2.38. The van der Waals surface area contributed by atoms with Gasteiger partial charge in [-0.3, -0.25) is 9.59 Å². The third kappa shape index (κ3) is 6.50. The SMILES string of the molecule is COc1cc(C(=O)NCC(=O)NCC(C)C)ccc1OC(F)F. The van der Waals surface area contributed by atoms with Gasteiger partial charge in [0, 0.05) is 12.1 Å². The lowest BCUT2D eigenvalue weighted by Gasteiger charge is -2.12. The number of carbonyl (C=O) groups is 2. The van der Waals surface area contributed by atoms with E-state index in [1.165, 1.54) is 25.3 Å². The summed E-state index contributed by atoms with van der Waals surface area (Å²) in [5.74, 6) is -0.694. The Labute approximate surface area is 133 Å². The molecule has 0 saturated carbocycles. The second-order valence-corrected chi connectivity index (χ2v) is 5.12. The zero-order chi connectivity index (χ0) is 17.4. The number of hydrogen-bond acceptors (Lipinski definition) is 4. The Morgan fingerprint density at radius 1 is 1.17 bits per heavy atom. The highest BCUT2D eigenvalue weighted by molar-refractivity contribution is 5.97. The van der Waals surface area contributed by atoms with Gasteiger partial charge in [-0.2, -0.15) is 8.78 Å². The number of rotatable bonds is 8. The summed E-state index contributed by atoms with van der Waals surface area (Å²) >= 11 is 0. The van der Waals surface area contributed by atoms with E-state index in [9.17, 15) is 18.4 Å². The molecular weight excluding hydrogens is 310 g/mol. The molecule has 0 fully saturated rings. The molecule has 0 radical (unpaired) electrons. The smallest absolute Gasteiger partial charge is 0.387 e. The second-order valence-electron chi connectivity index (χ2n) is 5.12. The van der Waals surface area contributed by atoms with Crippen LogP contribution in [0.3, 0.4) is 0 Å². The topological polar surface area (TPSA) is 76.7 Å². The van der Waals surface area contributed by atoms with Gasteiger partial charge >= 0.3 is 6.61 Å². The zero-order valence-corrected chi connectivity index (χ0v) is 13.2. The summed E-state index contributed by atoms with van der Waals surface area (Å²) in [5.41, 5.74) is 0.167. The Bertz CT molecular complexity index is 550. The van der Waals surface area contributed by atoms with E-state index in [1.807, 2.05) is 13.8 Å². The fourth-order valence-corrected chi connectivity index (χ4v) is 1.65. The van der Waals surface area contributed by atoms with Crippen LogP contribution in [0.1, 0.15) is 24.2 Å². The number of hydrogen-bond donors (Lipinski definition) is 2. The largest absolute Gasteiger partial charge is 0.493 e. The van der Waals surface area contributed by atoms with E-state index >= 15 is 0 Å². The van der Waals surface area contributed by atoms with E-state index in [0.717, 1.165) is 0 Å². The molecule has 0 heterocycles. The van der Waals surface area contributed by atoms with Crippen LogP contribution in [0.25, 0.3) is 0 Å². The van der Waals surface area contributed by atoms with Crippen molar-refractivity contribution < 1.29 is 27.8 Å². The summed E-state index contributed by atoms with van der Waals surface area (Å²) in [7, 11) is 1.27. The number of halogens is 2. The van der Waals surface area contributed by atoms with Crippen molar-refractivity contribution in [3.63, 3.8) is 0 Å². The van der Waals surface area contributed by atoms with Gasteiger partial charge in [0.1, 0.15) is 0 Å². The van der Waals surface area contributed by atoms with Crippen molar-refractivity contribution >= 4 is 11.8 Å². The highest BCUT2D eigenvalue weighted by Crippen LogP contribution is 2.29. The lowest BCUT2D eigenvalue weighted by atomic mass is 10.2. The van der Waals surface area contributed by atoms with Crippen molar-refractivity contribution in [2.24, 2.45) is 5.92 Å². The maximum absolute atomic E-state index is 12.2. The maximum atomic E-state index is 12.2. The van der Waals surface area contributed by atoms with Crippen LogP contribution in [0.15, 0.2) is 18.2 Å². The first-order chi connectivity index (χ1) is 10.8. The van der Waals surface area contributed by atoms with E-state index in [4.69, 9.17) is 4.74 Å². The monoisotopic (exact) mass is 330 g/mol. The molecule has 0 saturated heterocycles. The fourth-order valence-electron chi connectivity index (χ4n) is 1.65. The molecule has 8 heteroatoms. The van der Waals surface area contributed by atoms with Gasteiger partial charge in [-0.15, -0.1) is 0 Å². The van der Waals surface area contributed by atoms with Gasteiger partial charge < -0.3 is 20.1 Å². The number of benzene rings is 1. The first-order valence-electron chi connectivity index (χ1n) is 7.01. The van der Waals surface area contributed by atoms with E-state index in [2.05, 4.69) is 15.4 Å². The van der Waals surface area contributed by atoms with Crippen molar-refractivity contribution in [3.05, 3.63) is 23.8 Å². The molecule has 0 aliphatic heterocycles. The zero-order valence-electron chi connectivity index (χ0n) is 13.2. The van der Waals surface area contributed by atoms with Gasteiger partial charge in [-0.05, 0) is 24.1 Å². The standard InChI is InChI=1S/C15H20F2N2O4/c1-9(2)7-18-13(20)8-19-14(21)10-4-5-11(23-15(16)17)12(6-10)22-3/h4-6,9,15H,7-8H2,1-3H3,(H,18,20)(H,19,21). The average molecular weight is 330 g/mol. The van der Waals surface area contributed by atoms with Gasteiger partial charge in [0.2, 0.25) is 5.91 Å². The van der Waals surface area contributed by atoms with Crippen LogP contribution in [0.5, 0.6) is 11.5 Å². The molecule has 6 nitrogen and oxygen atoms in total. The Morgan fingerprint density at radius 3 is 2.43 bits per heavy atom. The van der Waals surface area contributed by atoms with Crippen molar-refractivity contribution in [1.29, 1.82) is 0 Å². The molecule has 1 aromatic rings. The summed E-state index contributed by atoms with van der Waals surface area (Å²) in [6.07, 6.45) is 0. The molecule has 2 amide bonds. The highest BCUT2D eigenvalue weighted by atomic mass is 19.3. The summed E-state index contributed by atoms with van der Waals surface area (Å²) in [6.45, 7) is 1.25. The predicted octanol–water partition coefficient (Wildman–Crippen LogP) is 1.80. The van der Waals surface area contributed by atoms with Crippen LogP contribution >= 0.6 is 0 Å². The number of nitrogens with one attached hydrogen (secondary N) is 2. The van der Waals surface area contributed by atoms with E-state index in [-0.39, 0.29) is 29.5 Å². The molecule has 128 valence electrons. The van der Waals surface area contributed by atoms with E-state index < -0.39 is 12.5 Å². The number of methoxy groups -OCH3 is 1. The Kier molecular flexibility index (Phi) is 7.24. The molecular formula is C15H20F2N2O4. The minimum atomic E-state index is -2.99. The van der Waals surface area contributed by atoms with Crippen LogP contribution in [-0.4, -0.2) is 38.6 Å². The van der Waals surface area contributed by atoms with Gasteiger partial charge in [0.15, 0.2) is 11.5 Å².